The van der Waals surface area contributed by atoms with Crippen LogP contribution in [-0.2, 0) is 13.2 Å². The number of aryl methyl sites for hydroxylation is 1. The maximum Gasteiger partial charge on any atom is 0.420 e. The van der Waals surface area contributed by atoms with Crippen molar-refractivity contribution in [3.05, 3.63) is 71.9 Å². The zero-order valence-electron chi connectivity index (χ0n) is 18.3. The number of benzene rings is 2. The Morgan fingerprint density at radius 2 is 1.83 bits per heavy atom. The molecule has 0 bridgehead atoms. The number of oxazole rings is 1. The molecule has 10 heteroatoms. The van der Waals surface area contributed by atoms with Crippen LogP contribution in [0.4, 0.5) is 17.6 Å². The first-order valence-corrected chi connectivity index (χ1v) is 10.9. The molecule has 1 aliphatic rings. The molecule has 2 aromatic carbocycles. The van der Waals surface area contributed by atoms with Gasteiger partial charge >= 0.3 is 6.18 Å². The van der Waals surface area contributed by atoms with E-state index in [-0.39, 0.29) is 22.9 Å². The molecule has 176 valence electrons. The van der Waals surface area contributed by atoms with Crippen molar-refractivity contribution in [1.29, 1.82) is 0 Å². The number of pyridine rings is 1. The van der Waals surface area contributed by atoms with E-state index in [1.807, 2.05) is 6.07 Å². The van der Waals surface area contributed by atoms with Gasteiger partial charge in [-0.3, -0.25) is 0 Å². The van der Waals surface area contributed by atoms with Gasteiger partial charge in [-0.1, -0.05) is 12.1 Å². The van der Waals surface area contributed by atoms with Crippen LogP contribution in [0, 0.1) is 5.82 Å². The highest BCUT2D eigenvalue weighted by atomic mass is 19.4. The molecule has 35 heavy (non-hydrogen) atoms. The van der Waals surface area contributed by atoms with Gasteiger partial charge in [0, 0.05) is 24.2 Å². The SMILES string of the molecule is Cn1cnnc1-c1cc(F)ccc1-c1cc(-c2nc3cccc(C(F)(F)F)c3o2)nc(C2CC2)c1. The minimum absolute atomic E-state index is 0.0113. The Morgan fingerprint density at radius 3 is 2.54 bits per heavy atom. The van der Waals surface area contributed by atoms with E-state index in [9.17, 15) is 17.6 Å². The Hall–Kier alpha value is -4.08. The lowest BCUT2D eigenvalue weighted by Gasteiger charge is -2.12. The Kier molecular flexibility index (Phi) is 4.73. The molecular weight excluding hydrogens is 462 g/mol. The summed E-state index contributed by atoms with van der Waals surface area (Å²) in [7, 11) is 1.76. The summed E-state index contributed by atoms with van der Waals surface area (Å²) in [6, 6.07) is 11.7. The maximum atomic E-state index is 14.2. The topological polar surface area (TPSA) is 69.6 Å². The second kappa shape index (κ2) is 7.72. The molecule has 0 radical (unpaired) electrons. The maximum absolute atomic E-state index is 14.2. The molecule has 5 aromatic rings. The van der Waals surface area contributed by atoms with Crippen LogP contribution in [0.15, 0.2) is 59.3 Å². The summed E-state index contributed by atoms with van der Waals surface area (Å²) in [5, 5.41) is 8.02. The smallest absolute Gasteiger partial charge is 0.420 e. The van der Waals surface area contributed by atoms with Crippen molar-refractivity contribution < 1.29 is 22.0 Å². The summed E-state index contributed by atoms with van der Waals surface area (Å²) in [6.07, 6.45) is -1.14. The Balaban J connectivity index is 1.55. The highest BCUT2D eigenvalue weighted by molar-refractivity contribution is 5.84. The molecule has 0 unspecified atom stereocenters. The lowest BCUT2D eigenvalue weighted by Crippen LogP contribution is -2.04. The van der Waals surface area contributed by atoms with Crippen molar-refractivity contribution in [2.75, 3.05) is 0 Å². The summed E-state index contributed by atoms with van der Waals surface area (Å²) in [4.78, 5) is 8.96. The van der Waals surface area contributed by atoms with E-state index in [0.29, 0.717) is 28.2 Å². The van der Waals surface area contributed by atoms with Gasteiger partial charge in [-0.25, -0.2) is 14.4 Å². The lowest BCUT2D eigenvalue weighted by molar-refractivity contribution is -0.136. The fraction of sp³-hybridized carbons (Fsp3) is 0.200. The molecular formula is C25H17F4N5O. The number of fused-ring (bicyclic) bond motifs is 1. The van der Waals surface area contributed by atoms with Crippen molar-refractivity contribution in [3.8, 4) is 34.1 Å². The third-order valence-electron chi connectivity index (χ3n) is 6.03. The molecule has 0 spiro atoms. The molecule has 0 aliphatic heterocycles. The third-order valence-corrected chi connectivity index (χ3v) is 6.03. The van der Waals surface area contributed by atoms with Crippen molar-refractivity contribution in [2.24, 2.45) is 7.05 Å². The minimum atomic E-state index is -4.58. The second-order valence-corrected chi connectivity index (χ2v) is 8.57. The molecule has 6 nitrogen and oxygen atoms in total. The Labute approximate surface area is 196 Å². The highest BCUT2D eigenvalue weighted by Gasteiger charge is 2.35. The number of aromatic nitrogens is 5. The number of nitrogens with zero attached hydrogens (tertiary/aromatic N) is 5. The molecule has 3 aromatic heterocycles. The molecule has 0 atom stereocenters. The zero-order valence-corrected chi connectivity index (χ0v) is 18.3. The summed E-state index contributed by atoms with van der Waals surface area (Å²) < 4.78 is 62.0. The van der Waals surface area contributed by atoms with Crippen LogP contribution in [0.5, 0.6) is 0 Å². The van der Waals surface area contributed by atoms with Gasteiger partial charge in [0.25, 0.3) is 0 Å². The molecule has 1 saturated carbocycles. The quantitative estimate of drug-likeness (QED) is 0.280. The lowest BCUT2D eigenvalue weighted by atomic mass is 9.97. The van der Waals surface area contributed by atoms with Crippen LogP contribution in [0.3, 0.4) is 0 Å². The fourth-order valence-electron chi connectivity index (χ4n) is 4.17. The summed E-state index contributed by atoms with van der Waals surface area (Å²) in [6.45, 7) is 0. The number of halogens is 4. The normalized spacial score (nSPS) is 14.1. The van der Waals surface area contributed by atoms with E-state index in [0.717, 1.165) is 24.6 Å². The summed E-state index contributed by atoms with van der Waals surface area (Å²) in [5.41, 5.74) is 1.86. The monoisotopic (exact) mass is 479 g/mol. The van der Waals surface area contributed by atoms with Gasteiger partial charge in [0.1, 0.15) is 28.9 Å². The van der Waals surface area contributed by atoms with Gasteiger partial charge < -0.3 is 8.98 Å². The van der Waals surface area contributed by atoms with E-state index in [1.165, 1.54) is 30.6 Å². The Morgan fingerprint density at radius 1 is 1.00 bits per heavy atom. The van der Waals surface area contributed by atoms with Gasteiger partial charge in [0.05, 0.1) is 0 Å². The first kappa shape index (κ1) is 21.5. The predicted octanol–water partition coefficient (Wildman–Crippen LogP) is 6.39. The molecule has 0 N–H and O–H groups in total. The van der Waals surface area contributed by atoms with Crippen LogP contribution in [-0.4, -0.2) is 24.7 Å². The molecule has 0 amide bonds. The van der Waals surface area contributed by atoms with Crippen molar-refractivity contribution in [1.82, 2.24) is 24.7 Å². The van der Waals surface area contributed by atoms with Gasteiger partial charge in [-0.2, -0.15) is 13.2 Å². The Bertz CT molecular complexity index is 1580. The van der Waals surface area contributed by atoms with Gasteiger partial charge in [-0.05, 0) is 60.4 Å². The molecule has 6 rings (SSSR count). The van der Waals surface area contributed by atoms with Crippen molar-refractivity contribution in [3.63, 3.8) is 0 Å². The largest absolute Gasteiger partial charge is 0.434 e. The fourth-order valence-corrected chi connectivity index (χ4v) is 4.17. The average molecular weight is 479 g/mol. The summed E-state index contributed by atoms with van der Waals surface area (Å²) >= 11 is 0. The standard InChI is InChI=1S/C25H17F4N5O/c1-34-12-30-33-23(34)17-11-15(26)7-8-16(17)14-9-20(13-5-6-13)31-21(10-14)24-32-19-4-2-3-18(22(19)35-24)25(27,28)29/h2-4,7-13H,5-6H2,1H3. The zero-order chi connectivity index (χ0) is 24.3. The summed E-state index contributed by atoms with van der Waals surface area (Å²) in [5.74, 6) is 0.273. The van der Waals surface area contributed by atoms with Crippen LogP contribution < -0.4 is 0 Å². The van der Waals surface area contributed by atoms with Gasteiger partial charge in [-0.15, -0.1) is 10.2 Å². The van der Waals surface area contributed by atoms with E-state index in [1.54, 1.807) is 23.7 Å². The van der Waals surface area contributed by atoms with E-state index < -0.39 is 17.6 Å². The van der Waals surface area contributed by atoms with Gasteiger partial charge in [0.15, 0.2) is 11.4 Å². The van der Waals surface area contributed by atoms with E-state index in [2.05, 4.69) is 20.2 Å². The number of hydrogen-bond acceptors (Lipinski definition) is 5. The molecule has 1 aliphatic carbocycles. The number of para-hydroxylation sites is 1. The highest BCUT2D eigenvalue weighted by Crippen LogP contribution is 2.43. The number of alkyl halides is 3. The van der Waals surface area contributed by atoms with Crippen LogP contribution >= 0.6 is 0 Å². The molecule has 1 fully saturated rings. The molecule has 0 saturated heterocycles. The predicted molar refractivity (Wildman–Crippen MR) is 120 cm³/mol. The van der Waals surface area contributed by atoms with Gasteiger partial charge in [0.2, 0.25) is 5.89 Å². The van der Waals surface area contributed by atoms with Crippen molar-refractivity contribution in [2.45, 2.75) is 24.9 Å². The van der Waals surface area contributed by atoms with E-state index in [4.69, 9.17) is 4.42 Å². The number of rotatable bonds is 4. The number of hydrogen-bond donors (Lipinski definition) is 0. The third kappa shape index (κ3) is 3.84. The second-order valence-electron chi connectivity index (χ2n) is 8.57. The van der Waals surface area contributed by atoms with Crippen LogP contribution in [0.2, 0.25) is 0 Å². The van der Waals surface area contributed by atoms with Crippen LogP contribution in [0.25, 0.3) is 45.2 Å². The van der Waals surface area contributed by atoms with E-state index >= 15 is 0 Å². The molecule has 3 heterocycles. The average Bonchev–Trinajstić information content (AvgIpc) is 3.44. The van der Waals surface area contributed by atoms with Crippen molar-refractivity contribution >= 4 is 11.1 Å². The minimum Gasteiger partial charge on any atom is -0.434 e. The van der Waals surface area contributed by atoms with Crippen LogP contribution in [0.1, 0.15) is 30.0 Å². The first-order valence-electron chi connectivity index (χ1n) is 10.9. The first-order chi connectivity index (χ1) is 16.8.